The second kappa shape index (κ2) is 8.35. The molecule has 0 aliphatic carbocycles. The van der Waals surface area contributed by atoms with Gasteiger partial charge in [0.2, 0.25) is 0 Å². The summed E-state index contributed by atoms with van der Waals surface area (Å²) in [5.41, 5.74) is 2.71. The number of hydrogen-bond donors (Lipinski definition) is 1. The van der Waals surface area contributed by atoms with Crippen molar-refractivity contribution in [2.24, 2.45) is 0 Å². The van der Waals surface area contributed by atoms with E-state index in [1.54, 1.807) is 36.4 Å². The molecule has 2 amide bonds. The van der Waals surface area contributed by atoms with Crippen LogP contribution in [-0.2, 0) is 4.79 Å². The van der Waals surface area contributed by atoms with Gasteiger partial charge in [-0.25, -0.2) is 0 Å². The first-order valence-electron chi connectivity index (χ1n) is 9.23. The fraction of sp³-hybridized carbons (Fsp3) is 0.300. The molecule has 0 spiro atoms. The van der Waals surface area contributed by atoms with Gasteiger partial charge in [0.15, 0.2) is 6.61 Å². The third-order valence-electron chi connectivity index (χ3n) is 4.63. The molecule has 3 aromatic rings. The number of ether oxygens (including phenoxy) is 1. The first-order chi connectivity index (χ1) is 13.7. The summed E-state index contributed by atoms with van der Waals surface area (Å²) in [6, 6.07) is 12.3. The molecule has 0 atom stereocenters. The van der Waals surface area contributed by atoms with Crippen molar-refractivity contribution in [3.63, 3.8) is 0 Å². The van der Waals surface area contributed by atoms with E-state index in [4.69, 9.17) is 4.74 Å². The van der Waals surface area contributed by atoms with Crippen molar-refractivity contribution in [3.8, 4) is 5.75 Å². The Labute approximate surface area is 166 Å². The number of aromatic nitrogens is 2. The van der Waals surface area contributed by atoms with Crippen LogP contribution in [0.15, 0.2) is 42.5 Å². The molecular weight excluding hydrogens is 376 g/mol. The van der Waals surface area contributed by atoms with Crippen molar-refractivity contribution in [2.45, 2.75) is 19.3 Å². The van der Waals surface area contributed by atoms with E-state index in [0.29, 0.717) is 17.0 Å². The van der Waals surface area contributed by atoms with E-state index in [2.05, 4.69) is 14.1 Å². The minimum absolute atomic E-state index is 0.0113. The van der Waals surface area contributed by atoms with Crippen molar-refractivity contribution >= 4 is 40.3 Å². The zero-order valence-electron chi connectivity index (χ0n) is 15.3. The summed E-state index contributed by atoms with van der Waals surface area (Å²) in [4.78, 5) is 26.7. The number of carbonyl (C=O) groups is 2. The minimum atomic E-state index is -0.293. The quantitative estimate of drug-likeness (QED) is 0.715. The van der Waals surface area contributed by atoms with Gasteiger partial charge in [0.1, 0.15) is 16.8 Å². The molecule has 0 unspecified atom stereocenters. The molecule has 2 aromatic carbocycles. The summed E-state index contributed by atoms with van der Waals surface area (Å²) in [7, 11) is 0. The third-order valence-corrected chi connectivity index (χ3v) is 5.19. The number of carbonyl (C=O) groups excluding carboxylic acids is 2. The number of nitrogens with one attached hydrogen (secondary N) is 1. The normalized spacial score (nSPS) is 14.1. The number of piperidine rings is 1. The zero-order chi connectivity index (χ0) is 19.3. The zero-order valence-corrected chi connectivity index (χ0v) is 16.1. The standard InChI is InChI=1S/C20H20N4O3S/c25-19(13-27-16-7-8-17-18(12-16)23-28-22-17)21-15-6-4-5-14(11-15)20(26)24-9-2-1-3-10-24/h4-8,11-12H,1-3,9-10,13H2,(H,21,25). The van der Waals surface area contributed by atoms with Crippen molar-refractivity contribution < 1.29 is 14.3 Å². The Morgan fingerprint density at radius 1 is 1.04 bits per heavy atom. The van der Waals surface area contributed by atoms with Crippen LogP contribution in [-0.4, -0.2) is 45.2 Å². The molecule has 0 saturated carbocycles. The number of fused-ring (bicyclic) bond motifs is 1. The van der Waals surface area contributed by atoms with Crippen molar-refractivity contribution in [1.82, 2.24) is 13.6 Å². The Kier molecular flexibility index (Phi) is 5.48. The molecule has 1 aliphatic heterocycles. The maximum absolute atomic E-state index is 12.6. The first kappa shape index (κ1) is 18.4. The second-order valence-corrected chi connectivity index (χ2v) is 7.21. The van der Waals surface area contributed by atoms with Gasteiger partial charge >= 0.3 is 0 Å². The smallest absolute Gasteiger partial charge is 0.262 e. The van der Waals surface area contributed by atoms with Gasteiger partial charge in [-0.1, -0.05) is 6.07 Å². The highest BCUT2D eigenvalue weighted by Crippen LogP contribution is 2.19. The van der Waals surface area contributed by atoms with Crippen LogP contribution in [0.25, 0.3) is 11.0 Å². The van der Waals surface area contributed by atoms with Crippen LogP contribution < -0.4 is 10.1 Å². The molecule has 144 valence electrons. The van der Waals surface area contributed by atoms with Gasteiger partial charge in [-0.15, -0.1) is 0 Å². The van der Waals surface area contributed by atoms with Gasteiger partial charge < -0.3 is 15.0 Å². The highest BCUT2D eigenvalue weighted by Gasteiger charge is 2.18. The van der Waals surface area contributed by atoms with Crippen LogP contribution >= 0.6 is 11.7 Å². The third kappa shape index (κ3) is 4.28. The van der Waals surface area contributed by atoms with E-state index in [1.165, 1.54) is 6.42 Å². The topological polar surface area (TPSA) is 84.4 Å². The van der Waals surface area contributed by atoms with E-state index >= 15 is 0 Å². The number of rotatable bonds is 5. The molecule has 1 fully saturated rings. The number of benzene rings is 2. The van der Waals surface area contributed by atoms with Crippen molar-refractivity contribution in [1.29, 1.82) is 0 Å². The van der Waals surface area contributed by atoms with E-state index in [-0.39, 0.29) is 18.4 Å². The number of nitrogens with zero attached hydrogens (tertiary/aromatic N) is 3. The molecule has 1 aromatic heterocycles. The fourth-order valence-corrected chi connectivity index (χ4v) is 3.72. The summed E-state index contributed by atoms with van der Waals surface area (Å²) >= 11 is 1.14. The van der Waals surface area contributed by atoms with Gasteiger partial charge in [-0.05, 0) is 49.6 Å². The van der Waals surface area contributed by atoms with Gasteiger partial charge in [0.05, 0.1) is 11.7 Å². The van der Waals surface area contributed by atoms with Crippen LogP contribution in [0.2, 0.25) is 0 Å². The Bertz CT molecular complexity index is 998. The summed E-state index contributed by atoms with van der Waals surface area (Å²) in [6.07, 6.45) is 3.26. The molecule has 0 bridgehead atoms. The largest absolute Gasteiger partial charge is 0.484 e. The molecule has 1 N–H and O–H groups in total. The lowest BCUT2D eigenvalue weighted by Crippen LogP contribution is -2.35. The average molecular weight is 396 g/mol. The van der Waals surface area contributed by atoms with Gasteiger partial charge in [-0.2, -0.15) is 8.75 Å². The Balaban J connectivity index is 1.35. The van der Waals surface area contributed by atoms with Gasteiger partial charge in [-0.3, -0.25) is 9.59 Å². The molecule has 0 radical (unpaired) electrons. The summed E-state index contributed by atoms with van der Waals surface area (Å²) in [6.45, 7) is 1.46. The van der Waals surface area contributed by atoms with Crippen LogP contribution in [0.3, 0.4) is 0 Å². The summed E-state index contributed by atoms with van der Waals surface area (Å²) < 4.78 is 13.8. The SMILES string of the molecule is O=C(COc1ccc2nsnc2c1)Nc1cccc(C(=O)N2CCCCC2)c1. The number of amides is 2. The lowest BCUT2D eigenvalue weighted by Gasteiger charge is -2.26. The Hall–Kier alpha value is -3.00. The maximum atomic E-state index is 12.6. The fourth-order valence-electron chi connectivity index (χ4n) is 3.21. The molecule has 7 nitrogen and oxygen atoms in total. The maximum Gasteiger partial charge on any atom is 0.262 e. The van der Waals surface area contributed by atoms with Crippen LogP contribution in [0, 0.1) is 0 Å². The lowest BCUT2D eigenvalue weighted by atomic mass is 10.1. The van der Waals surface area contributed by atoms with Gasteiger partial charge in [0, 0.05) is 30.4 Å². The summed E-state index contributed by atoms with van der Waals surface area (Å²) in [5, 5.41) is 2.78. The number of likely N-dealkylation sites (tertiary alicyclic amines) is 1. The molecule has 2 heterocycles. The van der Waals surface area contributed by atoms with E-state index in [1.807, 2.05) is 11.0 Å². The highest BCUT2D eigenvalue weighted by atomic mass is 32.1. The Morgan fingerprint density at radius 3 is 2.71 bits per heavy atom. The molecule has 1 saturated heterocycles. The van der Waals surface area contributed by atoms with Crippen molar-refractivity contribution in [3.05, 3.63) is 48.0 Å². The van der Waals surface area contributed by atoms with Gasteiger partial charge in [0.25, 0.3) is 11.8 Å². The second-order valence-electron chi connectivity index (χ2n) is 6.69. The number of anilines is 1. The molecule has 4 rings (SSSR count). The van der Waals surface area contributed by atoms with E-state index < -0.39 is 0 Å². The average Bonchev–Trinajstić information content (AvgIpc) is 3.20. The predicted octanol–water partition coefficient (Wildman–Crippen LogP) is 3.33. The Morgan fingerprint density at radius 2 is 1.86 bits per heavy atom. The van der Waals surface area contributed by atoms with Crippen LogP contribution in [0.1, 0.15) is 29.6 Å². The van der Waals surface area contributed by atoms with Crippen LogP contribution in [0.4, 0.5) is 5.69 Å². The summed E-state index contributed by atoms with van der Waals surface area (Å²) in [5.74, 6) is 0.278. The lowest BCUT2D eigenvalue weighted by molar-refractivity contribution is -0.118. The predicted molar refractivity (Wildman–Crippen MR) is 108 cm³/mol. The molecule has 1 aliphatic rings. The van der Waals surface area contributed by atoms with E-state index in [9.17, 15) is 9.59 Å². The minimum Gasteiger partial charge on any atom is -0.484 e. The van der Waals surface area contributed by atoms with Crippen molar-refractivity contribution in [2.75, 3.05) is 25.0 Å². The molecule has 8 heteroatoms. The highest BCUT2D eigenvalue weighted by molar-refractivity contribution is 7.00. The first-order valence-corrected chi connectivity index (χ1v) is 9.96. The molecular formula is C20H20N4O3S. The molecule has 28 heavy (non-hydrogen) atoms. The number of hydrogen-bond acceptors (Lipinski definition) is 6. The monoisotopic (exact) mass is 396 g/mol. The van der Waals surface area contributed by atoms with Crippen LogP contribution in [0.5, 0.6) is 5.75 Å². The van der Waals surface area contributed by atoms with E-state index in [0.717, 1.165) is 48.7 Å².